The van der Waals surface area contributed by atoms with E-state index in [1.54, 1.807) is 0 Å². The van der Waals surface area contributed by atoms with Crippen LogP contribution in [-0.2, 0) is 0 Å². The molecule has 0 saturated carbocycles. The monoisotopic (exact) mass is 603 g/mol. The summed E-state index contributed by atoms with van der Waals surface area (Å²) in [4.78, 5) is 2.47. The number of nitriles is 1. The molecule has 2 aliphatic carbocycles. The Morgan fingerprint density at radius 1 is 0.723 bits per heavy atom. The Bertz CT molecular complexity index is 2410. The summed E-state index contributed by atoms with van der Waals surface area (Å²) in [5.41, 5.74) is 12.3. The highest BCUT2D eigenvalue weighted by Crippen LogP contribution is 2.51. The Kier molecular flexibility index (Phi) is 5.56. The smallest absolute Gasteiger partial charge is 0.130 e. The van der Waals surface area contributed by atoms with Gasteiger partial charge < -0.3 is 14.2 Å². The summed E-state index contributed by atoms with van der Waals surface area (Å²) in [6.07, 6.45) is 12.1. The van der Waals surface area contributed by atoms with Gasteiger partial charge in [-0.1, -0.05) is 97.1 Å². The van der Waals surface area contributed by atoms with Gasteiger partial charge in [-0.3, -0.25) is 0 Å². The molecule has 0 spiro atoms. The molecule has 3 heterocycles. The van der Waals surface area contributed by atoms with Crippen LogP contribution in [0.2, 0.25) is 0 Å². The van der Waals surface area contributed by atoms with E-state index in [-0.39, 0.29) is 18.1 Å². The Balaban J connectivity index is 1.15. The standard InChI is InChI=1S/C43H29N3O/c44-26-27-21-28(30-11-1-6-16-37(30)46-39-18-8-2-12-31(39)32-13-3-9-19-40(32)46)23-29(22-27)45-38-17-7-4-14-33(38)35-24-36-34-15-5-10-20-42(34)47-43(36)25-41(35)45/h1-24,33,38,43H,25H2. The molecular weight excluding hydrogens is 574 g/mol. The van der Waals surface area contributed by atoms with E-state index in [4.69, 9.17) is 4.74 Å². The number of allylic oxidation sites excluding steroid dienone is 3. The van der Waals surface area contributed by atoms with Crippen molar-refractivity contribution in [3.63, 3.8) is 0 Å². The molecule has 47 heavy (non-hydrogen) atoms. The lowest BCUT2D eigenvalue weighted by atomic mass is 9.84. The highest BCUT2D eigenvalue weighted by Gasteiger charge is 2.44. The molecule has 6 aromatic rings. The van der Waals surface area contributed by atoms with Crippen LogP contribution >= 0.6 is 0 Å². The number of aromatic nitrogens is 1. The molecule has 0 amide bonds. The summed E-state index contributed by atoms with van der Waals surface area (Å²) in [6.45, 7) is 0. The predicted molar refractivity (Wildman–Crippen MR) is 189 cm³/mol. The van der Waals surface area contributed by atoms with Gasteiger partial charge in [-0.2, -0.15) is 5.26 Å². The van der Waals surface area contributed by atoms with Crippen LogP contribution in [0.3, 0.4) is 0 Å². The number of fused-ring (bicyclic) bond motifs is 8. The molecular formula is C43H29N3O. The van der Waals surface area contributed by atoms with Crippen LogP contribution in [0.15, 0.2) is 157 Å². The molecule has 4 nitrogen and oxygen atoms in total. The van der Waals surface area contributed by atoms with Gasteiger partial charge in [0, 0.05) is 51.2 Å². The van der Waals surface area contributed by atoms with E-state index in [0.717, 1.165) is 45.7 Å². The Hall–Kier alpha value is -6.05. The van der Waals surface area contributed by atoms with Gasteiger partial charge in [0.2, 0.25) is 0 Å². The van der Waals surface area contributed by atoms with Crippen molar-refractivity contribution in [2.24, 2.45) is 5.92 Å². The van der Waals surface area contributed by atoms with E-state index in [1.807, 2.05) is 12.1 Å². The van der Waals surface area contributed by atoms with Crippen molar-refractivity contribution in [3.05, 3.63) is 168 Å². The lowest BCUT2D eigenvalue weighted by molar-refractivity contribution is 0.274. The molecule has 1 aromatic heterocycles. The van der Waals surface area contributed by atoms with Crippen molar-refractivity contribution in [3.8, 4) is 28.6 Å². The van der Waals surface area contributed by atoms with E-state index in [2.05, 4.69) is 149 Å². The number of benzene rings is 5. The van der Waals surface area contributed by atoms with Crippen molar-refractivity contribution in [2.45, 2.75) is 18.6 Å². The van der Waals surface area contributed by atoms with E-state index < -0.39 is 0 Å². The third-order valence-corrected chi connectivity index (χ3v) is 10.3. The minimum Gasteiger partial charge on any atom is -0.485 e. The van der Waals surface area contributed by atoms with E-state index in [0.29, 0.717) is 5.56 Å². The average molecular weight is 604 g/mol. The van der Waals surface area contributed by atoms with E-state index >= 15 is 0 Å². The summed E-state index contributed by atoms with van der Waals surface area (Å²) >= 11 is 0. The van der Waals surface area contributed by atoms with Gasteiger partial charge in [-0.25, -0.2) is 0 Å². The second-order valence-corrected chi connectivity index (χ2v) is 12.7. The number of para-hydroxylation sites is 4. The summed E-state index contributed by atoms with van der Waals surface area (Å²) in [6, 6.07) is 43.1. The zero-order chi connectivity index (χ0) is 31.1. The lowest BCUT2D eigenvalue weighted by Crippen LogP contribution is -2.34. The first-order valence-electron chi connectivity index (χ1n) is 16.2. The maximum atomic E-state index is 10.4. The van der Waals surface area contributed by atoms with Crippen LogP contribution in [0.5, 0.6) is 5.75 Å². The quantitative estimate of drug-likeness (QED) is 0.202. The van der Waals surface area contributed by atoms with Crippen LogP contribution in [0.25, 0.3) is 44.2 Å². The molecule has 3 atom stereocenters. The first kappa shape index (κ1) is 26.2. The minimum absolute atomic E-state index is 0.0172. The average Bonchev–Trinajstić information content (AvgIpc) is 3.77. The molecule has 3 unspecified atom stereocenters. The molecule has 0 radical (unpaired) electrons. The largest absolute Gasteiger partial charge is 0.485 e. The van der Waals surface area contributed by atoms with Crippen LogP contribution in [0.1, 0.15) is 17.5 Å². The molecule has 0 saturated heterocycles. The topological polar surface area (TPSA) is 41.2 Å². The molecule has 4 aliphatic rings. The first-order chi connectivity index (χ1) is 23.3. The normalized spacial score (nSPS) is 20.4. The van der Waals surface area contributed by atoms with Crippen molar-refractivity contribution in [1.29, 1.82) is 5.26 Å². The molecule has 0 N–H and O–H groups in total. The summed E-state index contributed by atoms with van der Waals surface area (Å²) in [5.74, 6) is 1.19. The van der Waals surface area contributed by atoms with Crippen LogP contribution < -0.4 is 9.64 Å². The van der Waals surface area contributed by atoms with Gasteiger partial charge in [-0.15, -0.1) is 0 Å². The van der Waals surface area contributed by atoms with Crippen molar-refractivity contribution < 1.29 is 4.74 Å². The second kappa shape index (κ2) is 9.97. The van der Waals surface area contributed by atoms with Gasteiger partial charge in [0.15, 0.2) is 0 Å². The van der Waals surface area contributed by atoms with Crippen molar-refractivity contribution >= 4 is 33.1 Å². The number of rotatable bonds is 3. The zero-order valence-electron chi connectivity index (χ0n) is 25.5. The van der Waals surface area contributed by atoms with Gasteiger partial charge in [0.1, 0.15) is 11.9 Å². The minimum atomic E-state index is -0.0172. The molecule has 5 aromatic carbocycles. The molecule has 4 heteroatoms. The fraction of sp³-hybridized carbons (Fsp3) is 0.0930. The Labute approximate surface area is 273 Å². The van der Waals surface area contributed by atoms with E-state index in [1.165, 1.54) is 33.2 Å². The lowest BCUT2D eigenvalue weighted by Gasteiger charge is -2.32. The maximum Gasteiger partial charge on any atom is 0.130 e. The van der Waals surface area contributed by atoms with Gasteiger partial charge >= 0.3 is 0 Å². The summed E-state index contributed by atoms with van der Waals surface area (Å²) in [5, 5.41) is 12.8. The Morgan fingerprint density at radius 3 is 2.23 bits per heavy atom. The zero-order valence-corrected chi connectivity index (χ0v) is 25.5. The van der Waals surface area contributed by atoms with E-state index in [9.17, 15) is 5.26 Å². The molecule has 0 fully saturated rings. The summed E-state index contributed by atoms with van der Waals surface area (Å²) in [7, 11) is 0. The third kappa shape index (κ3) is 3.81. The van der Waals surface area contributed by atoms with Crippen LogP contribution in [0, 0.1) is 17.2 Å². The molecule has 2 aliphatic heterocycles. The fourth-order valence-electron chi connectivity index (χ4n) is 8.29. The van der Waals surface area contributed by atoms with Crippen molar-refractivity contribution in [2.75, 3.05) is 4.90 Å². The highest BCUT2D eigenvalue weighted by atomic mass is 16.5. The van der Waals surface area contributed by atoms with Crippen LogP contribution in [0.4, 0.5) is 5.69 Å². The molecule has 222 valence electrons. The van der Waals surface area contributed by atoms with Crippen LogP contribution in [-0.4, -0.2) is 16.7 Å². The number of hydrogen-bond acceptors (Lipinski definition) is 3. The first-order valence-corrected chi connectivity index (χ1v) is 16.2. The van der Waals surface area contributed by atoms with Gasteiger partial charge in [0.25, 0.3) is 0 Å². The SMILES string of the molecule is N#Cc1cc(-c2ccccc2-n2c3ccccc3c3ccccc32)cc(N2C3=C(C=C4c5ccccc5OC4C3)C3C=CC=CC32)c1. The number of anilines is 1. The number of hydrogen-bond donors (Lipinski definition) is 0. The van der Waals surface area contributed by atoms with Gasteiger partial charge in [-0.05, 0) is 59.7 Å². The molecule has 0 bridgehead atoms. The highest BCUT2D eigenvalue weighted by molar-refractivity contribution is 6.09. The number of ether oxygens (including phenoxy) is 1. The third-order valence-electron chi connectivity index (χ3n) is 10.3. The van der Waals surface area contributed by atoms with Crippen molar-refractivity contribution in [1.82, 2.24) is 4.57 Å². The maximum absolute atomic E-state index is 10.4. The predicted octanol–water partition coefficient (Wildman–Crippen LogP) is 9.76. The fourth-order valence-corrected chi connectivity index (χ4v) is 8.29. The molecule has 10 rings (SSSR count). The summed E-state index contributed by atoms with van der Waals surface area (Å²) < 4.78 is 8.87. The number of nitrogens with zero attached hydrogens (tertiary/aromatic N) is 3. The van der Waals surface area contributed by atoms with Gasteiger partial charge in [0.05, 0.1) is 34.4 Å². The Morgan fingerprint density at radius 2 is 1.43 bits per heavy atom. The second-order valence-electron chi connectivity index (χ2n) is 12.7.